The summed E-state index contributed by atoms with van der Waals surface area (Å²) < 4.78 is 38.9. The molecule has 0 heterocycles. The third kappa shape index (κ3) is 6.08. The normalized spacial score (nSPS) is 12.3. The number of hydrazine groups is 1. The second-order valence-electron chi connectivity index (χ2n) is 8.00. The number of carbonyl (C=O) groups is 2. The van der Waals surface area contributed by atoms with E-state index in [9.17, 15) is 22.8 Å². The molecule has 3 aromatic rings. The minimum Gasteiger partial charge on any atom is -0.342 e. The molecule has 0 saturated carbocycles. The number of alkyl halides is 3. The number of amides is 2. The average Bonchev–Trinajstić information content (AvgIpc) is 2.85. The van der Waals surface area contributed by atoms with Crippen LogP contribution in [0.1, 0.15) is 41.4 Å². The molecule has 0 unspecified atom stereocenters. The molecule has 0 aliphatic carbocycles. The lowest BCUT2D eigenvalue weighted by atomic mass is 9.98. The molecule has 0 aliphatic rings. The van der Waals surface area contributed by atoms with Crippen LogP contribution in [0.15, 0.2) is 78.9 Å². The molecule has 35 heavy (non-hydrogen) atoms. The minimum absolute atomic E-state index is 0.153. The maximum atomic E-state index is 13.3. The van der Waals surface area contributed by atoms with Gasteiger partial charge in [-0.1, -0.05) is 60.7 Å². The van der Waals surface area contributed by atoms with Crippen LogP contribution in [0.3, 0.4) is 0 Å². The van der Waals surface area contributed by atoms with E-state index in [1.165, 1.54) is 17.1 Å². The van der Waals surface area contributed by atoms with E-state index >= 15 is 0 Å². The summed E-state index contributed by atoms with van der Waals surface area (Å²) in [6.07, 6.45) is -4.44. The van der Waals surface area contributed by atoms with Crippen LogP contribution in [0.5, 0.6) is 0 Å². The van der Waals surface area contributed by atoms with Crippen molar-refractivity contribution < 1.29 is 22.8 Å². The second-order valence-corrected chi connectivity index (χ2v) is 8.00. The Bertz CT molecular complexity index is 1140. The van der Waals surface area contributed by atoms with Crippen molar-refractivity contribution in [3.8, 4) is 11.1 Å². The monoisotopic (exact) mass is 483 g/mol. The Hall–Kier alpha value is -3.65. The highest BCUT2D eigenvalue weighted by atomic mass is 19.4. The van der Waals surface area contributed by atoms with Crippen molar-refractivity contribution in [2.75, 3.05) is 20.1 Å². The van der Waals surface area contributed by atoms with Gasteiger partial charge in [0.25, 0.3) is 5.91 Å². The Morgan fingerprint density at radius 2 is 1.43 bits per heavy atom. The van der Waals surface area contributed by atoms with Gasteiger partial charge in [0.2, 0.25) is 5.91 Å². The molecule has 0 aromatic heterocycles. The molecular weight excluding hydrogens is 455 g/mol. The van der Waals surface area contributed by atoms with E-state index in [1.54, 1.807) is 36.2 Å². The molecule has 1 atom stereocenters. The van der Waals surface area contributed by atoms with Gasteiger partial charge >= 0.3 is 6.18 Å². The predicted octanol–water partition coefficient (Wildman–Crippen LogP) is 5.56. The lowest BCUT2D eigenvalue weighted by molar-refractivity contribution is -0.138. The van der Waals surface area contributed by atoms with E-state index in [-0.39, 0.29) is 11.5 Å². The number of hydrogen-bond donors (Lipinski definition) is 1. The highest BCUT2D eigenvalue weighted by molar-refractivity contribution is 6.00. The van der Waals surface area contributed by atoms with E-state index in [1.807, 2.05) is 44.2 Å². The van der Waals surface area contributed by atoms with Gasteiger partial charge in [0.15, 0.2) is 0 Å². The number of likely N-dealkylation sites (N-methyl/N-ethyl adjacent to an activating group) is 2. The molecule has 0 radical (unpaired) electrons. The molecule has 0 bridgehead atoms. The summed E-state index contributed by atoms with van der Waals surface area (Å²) in [7, 11) is 1.62. The van der Waals surface area contributed by atoms with Crippen LogP contribution in [0.4, 0.5) is 13.2 Å². The number of halogens is 3. The minimum atomic E-state index is -4.44. The Balaban J connectivity index is 1.90. The Morgan fingerprint density at radius 1 is 0.857 bits per heavy atom. The first kappa shape index (κ1) is 26.0. The van der Waals surface area contributed by atoms with Crippen LogP contribution in [0.2, 0.25) is 0 Å². The standard InChI is InChI=1S/C27H28F3N3O2/c1-4-33(5-2)26(35)24(20-11-7-6-8-12-20)32(3)31-25(34)23-14-10-9-13-22(23)19-15-17-21(18-16-19)27(28,29)30/h6-18,24H,4-5H2,1-3H3,(H,31,34)/t24-/m0/s1. The zero-order chi connectivity index (χ0) is 25.6. The first-order valence-corrected chi connectivity index (χ1v) is 11.3. The van der Waals surface area contributed by atoms with Gasteiger partial charge in [-0.15, -0.1) is 0 Å². The molecule has 3 aromatic carbocycles. The average molecular weight is 484 g/mol. The van der Waals surface area contributed by atoms with Crippen molar-refractivity contribution in [3.63, 3.8) is 0 Å². The number of nitrogens with one attached hydrogen (secondary N) is 1. The Labute approximate surface area is 203 Å². The highest BCUT2D eigenvalue weighted by Crippen LogP contribution is 2.32. The molecule has 1 N–H and O–H groups in total. The van der Waals surface area contributed by atoms with Gasteiger partial charge in [-0.3, -0.25) is 15.0 Å². The van der Waals surface area contributed by atoms with Gasteiger partial charge in [0, 0.05) is 25.7 Å². The fraction of sp³-hybridized carbons (Fsp3) is 0.259. The molecule has 5 nitrogen and oxygen atoms in total. The lowest BCUT2D eigenvalue weighted by Gasteiger charge is -2.32. The summed E-state index contributed by atoms with van der Waals surface area (Å²) in [5.41, 5.74) is 4.00. The van der Waals surface area contributed by atoms with Crippen LogP contribution in [-0.4, -0.2) is 41.9 Å². The number of benzene rings is 3. The number of hydrogen-bond acceptors (Lipinski definition) is 3. The van der Waals surface area contributed by atoms with Crippen LogP contribution in [0.25, 0.3) is 11.1 Å². The van der Waals surface area contributed by atoms with Crippen LogP contribution in [0, 0.1) is 0 Å². The van der Waals surface area contributed by atoms with Crippen molar-refractivity contribution in [1.82, 2.24) is 15.3 Å². The molecule has 184 valence electrons. The predicted molar refractivity (Wildman–Crippen MR) is 129 cm³/mol. The Morgan fingerprint density at radius 3 is 2.00 bits per heavy atom. The zero-order valence-corrected chi connectivity index (χ0v) is 19.8. The van der Waals surface area contributed by atoms with Gasteiger partial charge < -0.3 is 4.90 Å². The fourth-order valence-electron chi connectivity index (χ4n) is 3.93. The topological polar surface area (TPSA) is 52.7 Å². The zero-order valence-electron chi connectivity index (χ0n) is 19.8. The van der Waals surface area contributed by atoms with E-state index in [2.05, 4.69) is 5.43 Å². The third-order valence-corrected chi connectivity index (χ3v) is 5.78. The maximum absolute atomic E-state index is 13.3. The highest BCUT2D eigenvalue weighted by Gasteiger charge is 2.31. The van der Waals surface area contributed by atoms with Crippen molar-refractivity contribution >= 4 is 11.8 Å². The van der Waals surface area contributed by atoms with Crippen molar-refractivity contribution in [1.29, 1.82) is 0 Å². The SMILES string of the molecule is CCN(CC)C(=O)[C@H](c1ccccc1)N(C)NC(=O)c1ccccc1-c1ccc(C(F)(F)F)cc1. The smallest absolute Gasteiger partial charge is 0.342 e. The molecule has 2 amide bonds. The van der Waals surface area contributed by atoms with Crippen molar-refractivity contribution in [2.24, 2.45) is 0 Å². The molecule has 0 spiro atoms. The fourth-order valence-corrected chi connectivity index (χ4v) is 3.93. The quantitative estimate of drug-likeness (QED) is 0.427. The first-order valence-electron chi connectivity index (χ1n) is 11.3. The van der Waals surface area contributed by atoms with E-state index in [0.29, 0.717) is 24.2 Å². The molecule has 3 rings (SSSR count). The van der Waals surface area contributed by atoms with Crippen LogP contribution >= 0.6 is 0 Å². The van der Waals surface area contributed by atoms with Gasteiger partial charge in [-0.05, 0) is 48.7 Å². The number of nitrogens with zero attached hydrogens (tertiary/aromatic N) is 2. The summed E-state index contributed by atoms with van der Waals surface area (Å²) in [5, 5.41) is 1.47. The third-order valence-electron chi connectivity index (χ3n) is 5.78. The maximum Gasteiger partial charge on any atom is 0.416 e. The summed E-state index contributed by atoms with van der Waals surface area (Å²) in [6.45, 7) is 4.83. The number of rotatable bonds is 8. The molecule has 0 saturated heterocycles. The summed E-state index contributed by atoms with van der Waals surface area (Å²) in [6, 6.07) is 19.7. The van der Waals surface area contributed by atoms with E-state index in [4.69, 9.17) is 0 Å². The van der Waals surface area contributed by atoms with Gasteiger partial charge in [0.05, 0.1) is 5.56 Å². The number of carbonyl (C=O) groups excluding carboxylic acids is 2. The van der Waals surface area contributed by atoms with Crippen molar-refractivity contribution in [3.05, 3.63) is 95.6 Å². The van der Waals surface area contributed by atoms with Crippen LogP contribution < -0.4 is 5.43 Å². The van der Waals surface area contributed by atoms with Gasteiger partial charge in [-0.2, -0.15) is 13.2 Å². The Kier molecular flexibility index (Phi) is 8.30. The molecule has 0 fully saturated rings. The summed E-state index contributed by atoms with van der Waals surface area (Å²) in [4.78, 5) is 28.3. The van der Waals surface area contributed by atoms with Crippen molar-refractivity contribution in [2.45, 2.75) is 26.1 Å². The molecule has 8 heteroatoms. The second kappa shape index (κ2) is 11.2. The van der Waals surface area contributed by atoms with Gasteiger partial charge in [-0.25, -0.2) is 5.01 Å². The van der Waals surface area contributed by atoms with E-state index < -0.39 is 23.7 Å². The van der Waals surface area contributed by atoms with Crippen LogP contribution in [-0.2, 0) is 11.0 Å². The largest absolute Gasteiger partial charge is 0.416 e. The lowest BCUT2D eigenvalue weighted by Crippen LogP contribution is -2.48. The first-order chi connectivity index (χ1) is 16.7. The van der Waals surface area contributed by atoms with E-state index in [0.717, 1.165) is 17.7 Å². The summed E-state index contributed by atoms with van der Waals surface area (Å²) >= 11 is 0. The van der Waals surface area contributed by atoms with Gasteiger partial charge in [0.1, 0.15) is 6.04 Å². The molecule has 0 aliphatic heterocycles. The molecular formula is C27H28F3N3O2. The summed E-state index contributed by atoms with van der Waals surface area (Å²) in [5.74, 6) is -0.628.